The first kappa shape index (κ1) is 20.6. The van der Waals surface area contributed by atoms with Gasteiger partial charge in [0.1, 0.15) is 12.2 Å². The van der Waals surface area contributed by atoms with E-state index < -0.39 is 23.0 Å². The largest absolute Gasteiger partial charge is 0.502 e. The molecule has 0 fully saturated rings. The minimum absolute atomic E-state index is 0.0426. The summed E-state index contributed by atoms with van der Waals surface area (Å²) in [6.45, 7) is 0.844. The van der Waals surface area contributed by atoms with Gasteiger partial charge in [0.25, 0.3) is 11.8 Å². The Labute approximate surface area is 171 Å². The fraction of sp³-hybridized carbons (Fsp3) is 0.333. The molecule has 2 aromatic rings. The molecule has 1 aliphatic rings. The van der Waals surface area contributed by atoms with Crippen LogP contribution in [-0.2, 0) is 11.3 Å². The fourth-order valence-corrected chi connectivity index (χ4v) is 3.12. The lowest BCUT2D eigenvalue weighted by molar-refractivity contribution is 0.0629. The van der Waals surface area contributed by atoms with E-state index in [9.17, 15) is 19.5 Å². The molecule has 0 radical (unpaired) electrons. The summed E-state index contributed by atoms with van der Waals surface area (Å²) >= 11 is 5.89. The lowest BCUT2D eigenvalue weighted by Crippen LogP contribution is -2.53. The summed E-state index contributed by atoms with van der Waals surface area (Å²) in [5, 5.41) is 15.0. The van der Waals surface area contributed by atoms with Gasteiger partial charge in [0.05, 0.1) is 18.8 Å². The molecule has 0 saturated heterocycles. The number of nitrogens with one attached hydrogen (secondary N) is 1. The smallest absolute Gasteiger partial charge is 0.277 e. The van der Waals surface area contributed by atoms with Gasteiger partial charge in [-0.1, -0.05) is 11.6 Å². The van der Waals surface area contributed by atoms with Crippen LogP contribution in [0.3, 0.4) is 0 Å². The summed E-state index contributed by atoms with van der Waals surface area (Å²) in [5.41, 5.74) is -0.913. The topological polar surface area (TPSA) is 117 Å². The highest BCUT2D eigenvalue weighted by Gasteiger charge is 2.32. The highest BCUT2D eigenvalue weighted by atomic mass is 35.5. The van der Waals surface area contributed by atoms with E-state index in [2.05, 4.69) is 10.3 Å². The zero-order chi connectivity index (χ0) is 21.1. The van der Waals surface area contributed by atoms with Crippen molar-refractivity contribution in [1.82, 2.24) is 19.9 Å². The Morgan fingerprint density at radius 3 is 2.86 bits per heavy atom. The van der Waals surface area contributed by atoms with E-state index in [1.165, 1.54) is 29.1 Å². The first-order chi connectivity index (χ1) is 13.8. The number of aromatic hydroxyl groups is 1. The predicted octanol–water partition coefficient (Wildman–Crippen LogP) is 0.160. The average Bonchev–Trinajstić information content (AvgIpc) is 2.69. The third kappa shape index (κ3) is 4.17. The third-order valence-electron chi connectivity index (χ3n) is 4.42. The van der Waals surface area contributed by atoms with Gasteiger partial charge in [0.15, 0.2) is 11.4 Å². The molecule has 10 nitrogen and oxygen atoms in total. The third-order valence-corrected chi connectivity index (χ3v) is 4.65. The molecule has 0 bridgehead atoms. The molecule has 154 valence electrons. The quantitative estimate of drug-likeness (QED) is 0.682. The minimum atomic E-state index is -0.928. The second kappa shape index (κ2) is 8.50. The zero-order valence-electron chi connectivity index (χ0n) is 15.9. The molecular formula is C18H20ClN5O5. The van der Waals surface area contributed by atoms with Crippen LogP contribution in [0.15, 0.2) is 29.3 Å². The van der Waals surface area contributed by atoms with Gasteiger partial charge in [-0.15, -0.1) is 0 Å². The number of carbonyl (C=O) groups is 2. The van der Waals surface area contributed by atoms with E-state index in [0.717, 1.165) is 0 Å². The van der Waals surface area contributed by atoms with Crippen LogP contribution in [0.1, 0.15) is 26.5 Å². The Morgan fingerprint density at radius 2 is 2.17 bits per heavy atom. The standard InChI is InChI=1S/C18H20ClN5O5/c1-22-10-23(5-6-29-2)18(28)14-16(26)15(25)13(9-24(14)22)17(27)21-8-12-7-11(19)3-4-20-12/h3-4,7,9,26H,5-6,8,10H2,1-2H3,(H,21,27). The van der Waals surface area contributed by atoms with Gasteiger partial charge in [-0.25, -0.2) is 0 Å². The van der Waals surface area contributed by atoms with Gasteiger partial charge in [-0.2, -0.15) is 0 Å². The number of fused-ring (bicyclic) bond motifs is 1. The highest BCUT2D eigenvalue weighted by Crippen LogP contribution is 2.20. The number of pyridine rings is 2. The van der Waals surface area contributed by atoms with Gasteiger partial charge in [0, 0.05) is 38.1 Å². The molecule has 0 aliphatic carbocycles. The monoisotopic (exact) mass is 421 g/mol. The molecule has 0 atom stereocenters. The van der Waals surface area contributed by atoms with Gasteiger partial charge >= 0.3 is 0 Å². The van der Waals surface area contributed by atoms with Crippen molar-refractivity contribution in [2.45, 2.75) is 6.54 Å². The van der Waals surface area contributed by atoms with E-state index in [1.54, 1.807) is 24.2 Å². The number of carbonyl (C=O) groups excluding carboxylic acids is 2. The molecule has 3 rings (SSSR count). The van der Waals surface area contributed by atoms with E-state index >= 15 is 0 Å². The van der Waals surface area contributed by atoms with E-state index in [0.29, 0.717) is 23.9 Å². The van der Waals surface area contributed by atoms with E-state index in [-0.39, 0.29) is 24.5 Å². The second-order valence-electron chi connectivity index (χ2n) is 6.42. The first-order valence-electron chi connectivity index (χ1n) is 8.70. The molecule has 0 aromatic carbocycles. The first-order valence-corrected chi connectivity index (χ1v) is 9.08. The van der Waals surface area contributed by atoms with Crippen LogP contribution < -0.4 is 15.8 Å². The highest BCUT2D eigenvalue weighted by molar-refractivity contribution is 6.30. The summed E-state index contributed by atoms with van der Waals surface area (Å²) in [4.78, 5) is 43.2. The molecule has 0 unspecified atom stereocenters. The molecule has 11 heteroatoms. The number of methoxy groups -OCH3 is 1. The van der Waals surface area contributed by atoms with Crippen LogP contribution >= 0.6 is 11.6 Å². The van der Waals surface area contributed by atoms with E-state index in [4.69, 9.17) is 16.3 Å². The van der Waals surface area contributed by atoms with Crippen molar-refractivity contribution in [3.05, 3.63) is 56.7 Å². The van der Waals surface area contributed by atoms with Gasteiger partial charge in [0.2, 0.25) is 5.43 Å². The van der Waals surface area contributed by atoms with Crippen LogP contribution in [0.5, 0.6) is 5.75 Å². The fourth-order valence-electron chi connectivity index (χ4n) is 2.93. The number of hydrogen-bond acceptors (Lipinski definition) is 7. The van der Waals surface area contributed by atoms with Crippen molar-refractivity contribution < 1.29 is 19.4 Å². The van der Waals surface area contributed by atoms with Crippen molar-refractivity contribution in [3.8, 4) is 5.75 Å². The average molecular weight is 422 g/mol. The van der Waals surface area contributed by atoms with Crippen LogP contribution in [0.2, 0.25) is 5.02 Å². The number of aromatic nitrogens is 2. The summed E-state index contributed by atoms with van der Waals surface area (Å²) in [6.07, 6.45) is 2.74. The number of rotatable bonds is 6. The Hall–Kier alpha value is -3.11. The van der Waals surface area contributed by atoms with Crippen LogP contribution in [0.25, 0.3) is 0 Å². The van der Waals surface area contributed by atoms with Crippen molar-refractivity contribution in [1.29, 1.82) is 0 Å². The number of nitrogens with zero attached hydrogens (tertiary/aromatic N) is 4. The molecule has 29 heavy (non-hydrogen) atoms. The molecule has 2 N–H and O–H groups in total. The maximum absolute atomic E-state index is 12.7. The Morgan fingerprint density at radius 1 is 1.41 bits per heavy atom. The van der Waals surface area contributed by atoms with Crippen LogP contribution in [0, 0.1) is 0 Å². The lowest BCUT2D eigenvalue weighted by atomic mass is 10.1. The molecule has 1 aliphatic heterocycles. The van der Waals surface area contributed by atoms with Crippen molar-refractivity contribution >= 4 is 23.4 Å². The van der Waals surface area contributed by atoms with Crippen LogP contribution in [0.4, 0.5) is 0 Å². The Kier molecular flexibility index (Phi) is 6.04. The number of ether oxygens (including phenoxy) is 1. The normalized spacial score (nSPS) is 13.4. The maximum atomic E-state index is 12.7. The predicted molar refractivity (Wildman–Crippen MR) is 105 cm³/mol. The maximum Gasteiger partial charge on any atom is 0.277 e. The number of halogens is 1. The molecular weight excluding hydrogens is 402 g/mol. The molecule has 2 amide bonds. The Balaban J connectivity index is 1.88. The van der Waals surface area contributed by atoms with Crippen molar-refractivity contribution in [3.63, 3.8) is 0 Å². The number of amides is 2. The minimum Gasteiger partial charge on any atom is -0.502 e. The van der Waals surface area contributed by atoms with Crippen molar-refractivity contribution in [2.24, 2.45) is 0 Å². The van der Waals surface area contributed by atoms with Crippen molar-refractivity contribution in [2.75, 3.05) is 39.0 Å². The summed E-state index contributed by atoms with van der Waals surface area (Å²) in [5.74, 6) is -2.01. The molecule has 0 saturated carbocycles. The van der Waals surface area contributed by atoms with Gasteiger partial charge in [-0.05, 0) is 12.1 Å². The summed E-state index contributed by atoms with van der Waals surface area (Å²) < 4.78 is 6.28. The molecule has 2 aromatic heterocycles. The number of hydrogen-bond donors (Lipinski definition) is 2. The molecule has 3 heterocycles. The lowest BCUT2D eigenvalue weighted by Gasteiger charge is -2.37. The Bertz CT molecular complexity index is 1010. The SMILES string of the molecule is COCCN1CN(C)n2cc(C(=O)NCc3cc(Cl)ccn3)c(=O)c(O)c2C1=O. The van der Waals surface area contributed by atoms with Gasteiger partial charge < -0.3 is 20.1 Å². The zero-order valence-corrected chi connectivity index (χ0v) is 16.6. The molecule has 0 spiro atoms. The van der Waals surface area contributed by atoms with Crippen LogP contribution in [-0.4, -0.2) is 65.5 Å². The summed E-state index contributed by atoms with van der Waals surface area (Å²) in [6, 6.07) is 3.18. The summed E-state index contributed by atoms with van der Waals surface area (Å²) in [7, 11) is 3.18. The van der Waals surface area contributed by atoms with Gasteiger partial charge in [-0.3, -0.25) is 29.1 Å². The second-order valence-corrected chi connectivity index (χ2v) is 6.86. The van der Waals surface area contributed by atoms with E-state index in [1.807, 2.05) is 0 Å².